The van der Waals surface area contributed by atoms with Gasteiger partial charge >= 0.3 is 5.97 Å². The summed E-state index contributed by atoms with van der Waals surface area (Å²) < 4.78 is 7.15. The first kappa shape index (κ1) is 21.5. The van der Waals surface area contributed by atoms with Gasteiger partial charge in [0.25, 0.3) is 0 Å². The van der Waals surface area contributed by atoms with Crippen LogP contribution in [0.2, 0.25) is 0 Å². The van der Waals surface area contributed by atoms with Gasteiger partial charge in [-0.05, 0) is 39.2 Å². The highest BCUT2D eigenvalue weighted by molar-refractivity contribution is 6.02. The fourth-order valence-corrected chi connectivity index (χ4v) is 4.27. The van der Waals surface area contributed by atoms with Crippen LogP contribution in [0.1, 0.15) is 41.5 Å². The summed E-state index contributed by atoms with van der Waals surface area (Å²) in [6, 6.07) is 21.9. The summed E-state index contributed by atoms with van der Waals surface area (Å²) in [5, 5.41) is 14.3. The van der Waals surface area contributed by atoms with Gasteiger partial charge in [0, 0.05) is 18.0 Å². The maximum absolute atomic E-state index is 12.5. The highest BCUT2D eigenvalue weighted by Gasteiger charge is 2.20. The lowest BCUT2D eigenvalue weighted by molar-refractivity contribution is 0.0602. The number of nitrogens with zero attached hydrogens (tertiary/aromatic N) is 5. The minimum Gasteiger partial charge on any atom is -0.465 e. The standard InChI is InChI=1S/C26H24N6O2/c1-16(2)25-27-22-10-6-9-21(26(33)34-3)23(22)32(25)15-17-11-13-18(14-12-17)19-7-4-5-8-20(19)24-28-30-31-29-24/h4-14,16H,15H2,1-3H3,(H,28,29,30,31). The zero-order chi connectivity index (χ0) is 23.7. The summed E-state index contributed by atoms with van der Waals surface area (Å²) in [5.41, 5.74) is 6.24. The van der Waals surface area contributed by atoms with Crippen molar-refractivity contribution in [3.8, 4) is 22.5 Å². The van der Waals surface area contributed by atoms with Gasteiger partial charge in [-0.1, -0.05) is 68.4 Å². The first-order valence-electron chi connectivity index (χ1n) is 11.1. The van der Waals surface area contributed by atoms with Crippen LogP contribution in [0.15, 0.2) is 66.7 Å². The minimum atomic E-state index is -0.365. The summed E-state index contributed by atoms with van der Waals surface area (Å²) >= 11 is 0. The summed E-state index contributed by atoms with van der Waals surface area (Å²) in [7, 11) is 1.40. The Hall–Kier alpha value is -4.33. The summed E-state index contributed by atoms with van der Waals surface area (Å²) in [6.45, 7) is 4.80. The topological polar surface area (TPSA) is 98.6 Å². The molecule has 0 bridgehead atoms. The number of hydrogen-bond donors (Lipinski definition) is 1. The third-order valence-electron chi connectivity index (χ3n) is 5.85. The lowest BCUT2D eigenvalue weighted by atomic mass is 9.98. The zero-order valence-corrected chi connectivity index (χ0v) is 19.2. The number of rotatable bonds is 6. The predicted molar refractivity (Wildman–Crippen MR) is 129 cm³/mol. The van der Waals surface area contributed by atoms with E-state index in [1.54, 1.807) is 6.07 Å². The third kappa shape index (κ3) is 3.83. The molecule has 0 aliphatic carbocycles. The Labute approximate surface area is 196 Å². The van der Waals surface area contributed by atoms with Crippen LogP contribution in [0.5, 0.6) is 0 Å². The molecule has 170 valence electrons. The molecule has 2 heterocycles. The molecule has 2 aromatic heterocycles. The molecule has 0 atom stereocenters. The molecule has 0 aliphatic rings. The van der Waals surface area contributed by atoms with Gasteiger partial charge in [0.15, 0.2) is 5.82 Å². The first-order valence-corrected chi connectivity index (χ1v) is 11.1. The van der Waals surface area contributed by atoms with Crippen molar-refractivity contribution < 1.29 is 9.53 Å². The number of imidazole rings is 1. The molecule has 0 radical (unpaired) electrons. The molecule has 0 aliphatic heterocycles. The number of nitrogens with one attached hydrogen (secondary N) is 1. The van der Waals surface area contributed by atoms with Crippen molar-refractivity contribution in [1.29, 1.82) is 0 Å². The van der Waals surface area contributed by atoms with Gasteiger partial charge in [-0.3, -0.25) is 0 Å². The maximum Gasteiger partial charge on any atom is 0.340 e. The third-order valence-corrected chi connectivity index (χ3v) is 5.85. The highest BCUT2D eigenvalue weighted by atomic mass is 16.5. The molecule has 8 heteroatoms. The molecule has 0 spiro atoms. The molecular weight excluding hydrogens is 428 g/mol. The highest BCUT2D eigenvalue weighted by Crippen LogP contribution is 2.31. The van der Waals surface area contributed by atoms with Crippen molar-refractivity contribution in [1.82, 2.24) is 30.2 Å². The van der Waals surface area contributed by atoms with Gasteiger partial charge < -0.3 is 9.30 Å². The van der Waals surface area contributed by atoms with Crippen molar-refractivity contribution in [2.75, 3.05) is 7.11 Å². The maximum atomic E-state index is 12.5. The molecule has 5 aromatic rings. The Balaban J connectivity index is 1.54. The average molecular weight is 453 g/mol. The Morgan fingerprint density at radius 3 is 2.44 bits per heavy atom. The number of para-hydroxylation sites is 1. The van der Waals surface area contributed by atoms with Gasteiger partial charge in [0.05, 0.1) is 23.7 Å². The number of hydrogen-bond acceptors (Lipinski definition) is 6. The predicted octanol–water partition coefficient (Wildman–Crippen LogP) is 4.84. The molecule has 34 heavy (non-hydrogen) atoms. The number of methoxy groups -OCH3 is 1. The number of aromatic nitrogens is 6. The molecule has 3 aromatic carbocycles. The molecule has 0 unspecified atom stereocenters. The number of esters is 1. The van der Waals surface area contributed by atoms with Crippen LogP contribution < -0.4 is 0 Å². The fraction of sp³-hybridized carbons (Fsp3) is 0.192. The van der Waals surface area contributed by atoms with Gasteiger partial charge in [0.2, 0.25) is 0 Å². The van der Waals surface area contributed by atoms with Crippen molar-refractivity contribution in [3.63, 3.8) is 0 Å². The normalized spacial score (nSPS) is 11.3. The molecule has 5 rings (SSSR count). The smallest absolute Gasteiger partial charge is 0.340 e. The van der Waals surface area contributed by atoms with Crippen molar-refractivity contribution in [2.45, 2.75) is 26.3 Å². The van der Waals surface area contributed by atoms with Gasteiger partial charge in [-0.15, -0.1) is 5.10 Å². The van der Waals surface area contributed by atoms with Crippen molar-refractivity contribution >= 4 is 17.0 Å². The van der Waals surface area contributed by atoms with Crippen LogP contribution in [0, 0.1) is 0 Å². The number of aromatic amines is 1. The van der Waals surface area contributed by atoms with E-state index in [0.717, 1.165) is 39.1 Å². The van der Waals surface area contributed by atoms with Crippen LogP contribution in [0.3, 0.4) is 0 Å². The van der Waals surface area contributed by atoms with E-state index in [9.17, 15) is 4.79 Å². The zero-order valence-electron chi connectivity index (χ0n) is 19.2. The Morgan fingerprint density at radius 1 is 1.00 bits per heavy atom. The second kappa shape index (κ2) is 8.90. The molecule has 1 N–H and O–H groups in total. The van der Waals surface area contributed by atoms with E-state index in [1.165, 1.54) is 7.11 Å². The SMILES string of the molecule is COC(=O)c1cccc2nc(C(C)C)n(Cc3ccc(-c4ccccc4-c4nnn[nH]4)cc3)c12. The van der Waals surface area contributed by atoms with Crippen LogP contribution in [0.4, 0.5) is 0 Å². The van der Waals surface area contributed by atoms with Gasteiger partial charge in [-0.25, -0.2) is 14.9 Å². The quantitative estimate of drug-likeness (QED) is 0.370. The molecule has 0 fully saturated rings. The summed E-state index contributed by atoms with van der Waals surface area (Å²) in [4.78, 5) is 17.3. The molecular formula is C26H24N6O2. The van der Waals surface area contributed by atoms with E-state index >= 15 is 0 Å². The number of tetrazole rings is 1. The van der Waals surface area contributed by atoms with E-state index in [0.29, 0.717) is 17.9 Å². The Kier molecular flexibility index (Phi) is 5.63. The van der Waals surface area contributed by atoms with E-state index in [4.69, 9.17) is 9.72 Å². The number of benzene rings is 3. The first-order chi connectivity index (χ1) is 16.6. The van der Waals surface area contributed by atoms with Crippen molar-refractivity contribution in [3.05, 3.63) is 83.7 Å². The molecule has 0 saturated carbocycles. The number of ether oxygens (including phenoxy) is 1. The number of H-pyrrole nitrogens is 1. The second-order valence-electron chi connectivity index (χ2n) is 8.37. The Morgan fingerprint density at radius 2 is 1.76 bits per heavy atom. The molecule has 8 nitrogen and oxygen atoms in total. The largest absolute Gasteiger partial charge is 0.465 e. The number of carbonyl (C=O) groups excluding carboxylic acids is 1. The molecule has 0 saturated heterocycles. The lowest BCUT2D eigenvalue weighted by Gasteiger charge is -2.14. The summed E-state index contributed by atoms with van der Waals surface area (Å²) in [5.74, 6) is 1.38. The van der Waals surface area contributed by atoms with Crippen LogP contribution >= 0.6 is 0 Å². The van der Waals surface area contributed by atoms with E-state index in [-0.39, 0.29) is 11.9 Å². The molecule has 0 amide bonds. The van der Waals surface area contributed by atoms with E-state index in [1.807, 2.05) is 30.3 Å². The number of fused-ring (bicyclic) bond motifs is 1. The van der Waals surface area contributed by atoms with Crippen molar-refractivity contribution in [2.24, 2.45) is 0 Å². The average Bonchev–Trinajstić information content (AvgIpc) is 3.53. The fourth-order valence-electron chi connectivity index (χ4n) is 4.27. The van der Waals surface area contributed by atoms with E-state index in [2.05, 4.69) is 69.4 Å². The van der Waals surface area contributed by atoms with E-state index < -0.39 is 0 Å². The van der Waals surface area contributed by atoms with Crippen LogP contribution in [-0.2, 0) is 11.3 Å². The number of carbonyl (C=O) groups is 1. The van der Waals surface area contributed by atoms with Crippen LogP contribution in [-0.4, -0.2) is 43.3 Å². The van der Waals surface area contributed by atoms with Gasteiger partial charge in [-0.2, -0.15) is 0 Å². The lowest BCUT2D eigenvalue weighted by Crippen LogP contribution is -2.10. The van der Waals surface area contributed by atoms with Gasteiger partial charge in [0.1, 0.15) is 5.82 Å². The minimum absolute atomic E-state index is 0.194. The monoisotopic (exact) mass is 452 g/mol. The van der Waals surface area contributed by atoms with Crippen LogP contribution in [0.25, 0.3) is 33.5 Å². The summed E-state index contributed by atoms with van der Waals surface area (Å²) in [6.07, 6.45) is 0. The Bertz CT molecular complexity index is 1450. The second-order valence-corrected chi connectivity index (χ2v) is 8.37.